The SMILES string of the molecule is CCOC(=O)Cn1nc(CO[Si](C)(C)C(C)(C)C)c(I)c1C. The molecule has 1 aromatic heterocycles. The number of nitrogens with zero attached hydrogens (tertiary/aromatic N) is 2. The van der Waals surface area contributed by atoms with Crippen LogP contribution in [0.5, 0.6) is 0 Å². The second-order valence-electron chi connectivity index (χ2n) is 6.86. The summed E-state index contributed by atoms with van der Waals surface area (Å²) in [5, 5.41) is 4.69. The monoisotopic (exact) mass is 438 g/mol. The minimum atomic E-state index is -1.81. The zero-order valence-electron chi connectivity index (χ0n) is 14.6. The minimum absolute atomic E-state index is 0.149. The largest absolute Gasteiger partial charge is 0.465 e. The fourth-order valence-corrected chi connectivity index (χ4v) is 3.10. The Balaban J connectivity index is 2.83. The molecule has 0 atom stereocenters. The number of ether oxygens (including phenoxy) is 1. The molecule has 22 heavy (non-hydrogen) atoms. The molecule has 126 valence electrons. The molecule has 0 unspecified atom stereocenters. The summed E-state index contributed by atoms with van der Waals surface area (Å²) in [7, 11) is -1.81. The molecule has 0 bridgehead atoms. The average Bonchev–Trinajstić information content (AvgIpc) is 2.63. The summed E-state index contributed by atoms with van der Waals surface area (Å²) in [6, 6.07) is 0. The van der Waals surface area contributed by atoms with Gasteiger partial charge >= 0.3 is 5.97 Å². The lowest BCUT2D eigenvalue weighted by Gasteiger charge is -2.35. The van der Waals surface area contributed by atoms with E-state index in [4.69, 9.17) is 9.16 Å². The van der Waals surface area contributed by atoms with Gasteiger partial charge in [-0.15, -0.1) is 0 Å². The number of hydrogen-bond donors (Lipinski definition) is 0. The molecule has 0 saturated heterocycles. The highest BCUT2D eigenvalue weighted by Crippen LogP contribution is 2.37. The molecule has 1 rings (SSSR count). The molecule has 0 saturated carbocycles. The van der Waals surface area contributed by atoms with Crippen LogP contribution in [-0.4, -0.2) is 30.7 Å². The number of hydrogen-bond acceptors (Lipinski definition) is 4. The highest BCUT2D eigenvalue weighted by Gasteiger charge is 2.37. The van der Waals surface area contributed by atoms with Crippen molar-refractivity contribution < 1.29 is 14.0 Å². The zero-order valence-corrected chi connectivity index (χ0v) is 17.8. The van der Waals surface area contributed by atoms with E-state index in [0.29, 0.717) is 13.2 Å². The summed E-state index contributed by atoms with van der Waals surface area (Å²) in [5.41, 5.74) is 1.87. The van der Waals surface area contributed by atoms with E-state index in [1.54, 1.807) is 11.6 Å². The van der Waals surface area contributed by atoms with E-state index >= 15 is 0 Å². The lowest BCUT2D eigenvalue weighted by atomic mass is 10.2. The molecular weight excluding hydrogens is 411 g/mol. The van der Waals surface area contributed by atoms with Gasteiger partial charge in [0.15, 0.2) is 8.32 Å². The maximum absolute atomic E-state index is 11.6. The summed E-state index contributed by atoms with van der Waals surface area (Å²) >= 11 is 2.27. The first-order valence-electron chi connectivity index (χ1n) is 7.51. The van der Waals surface area contributed by atoms with Crippen LogP contribution < -0.4 is 0 Å². The van der Waals surface area contributed by atoms with E-state index in [9.17, 15) is 4.79 Å². The Morgan fingerprint density at radius 3 is 2.45 bits per heavy atom. The molecule has 1 aromatic rings. The van der Waals surface area contributed by atoms with E-state index in [1.165, 1.54) is 0 Å². The van der Waals surface area contributed by atoms with Gasteiger partial charge in [0.2, 0.25) is 0 Å². The number of rotatable bonds is 6. The molecule has 0 aliphatic heterocycles. The molecule has 1 heterocycles. The van der Waals surface area contributed by atoms with Crippen LogP contribution in [0.4, 0.5) is 0 Å². The molecule has 0 spiro atoms. The Morgan fingerprint density at radius 1 is 1.36 bits per heavy atom. The molecule has 0 amide bonds. The molecule has 0 aromatic carbocycles. The third kappa shape index (κ3) is 4.79. The van der Waals surface area contributed by atoms with Crippen molar-refractivity contribution in [2.45, 2.75) is 65.9 Å². The van der Waals surface area contributed by atoms with Crippen LogP contribution in [0.25, 0.3) is 0 Å². The fraction of sp³-hybridized carbons (Fsp3) is 0.733. The quantitative estimate of drug-likeness (QED) is 0.384. The van der Waals surface area contributed by atoms with Crippen LogP contribution in [0.2, 0.25) is 18.1 Å². The van der Waals surface area contributed by atoms with E-state index < -0.39 is 8.32 Å². The topological polar surface area (TPSA) is 53.4 Å². The molecule has 0 N–H and O–H groups in total. The van der Waals surface area contributed by atoms with Crippen molar-refractivity contribution in [3.8, 4) is 0 Å². The second-order valence-corrected chi connectivity index (χ2v) is 12.7. The van der Waals surface area contributed by atoms with Gasteiger partial charge < -0.3 is 9.16 Å². The van der Waals surface area contributed by atoms with Gasteiger partial charge in [-0.3, -0.25) is 9.48 Å². The number of carbonyl (C=O) groups is 1. The first kappa shape index (κ1) is 19.6. The first-order valence-corrected chi connectivity index (χ1v) is 11.5. The Labute approximate surface area is 148 Å². The number of halogens is 1. The molecule has 0 fully saturated rings. The third-order valence-corrected chi connectivity index (χ3v) is 10.0. The summed E-state index contributed by atoms with van der Waals surface area (Å²) in [6.07, 6.45) is 0. The standard InChI is InChI=1S/C15H27IN2O3Si/c1-8-20-13(19)9-18-11(2)14(16)12(17-18)10-21-22(6,7)15(3,4)5/h8-10H2,1-7H3. The normalized spacial score (nSPS) is 12.5. The van der Waals surface area contributed by atoms with Gasteiger partial charge in [0.25, 0.3) is 0 Å². The van der Waals surface area contributed by atoms with Crippen molar-refractivity contribution in [3.63, 3.8) is 0 Å². The van der Waals surface area contributed by atoms with Crippen LogP contribution in [-0.2, 0) is 27.1 Å². The first-order chi connectivity index (χ1) is 9.99. The van der Waals surface area contributed by atoms with E-state index in [0.717, 1.165) is 15.0 Å². The van der Waals surface area contributed by atoms with E-state index in [1.807, 2.05) is 6.92 Å². The molecule has 5 nitrogen and oxygen atoms in total. The minimum Gasteiger partial charge on any atom is -0.465 e. The Bertz CT molecular complexity index is 536. The predicted octanol–water partition coefficient (Wildman–Crippen LogP) is 3.88. The van der Waals surface area contributed by atoms with Gasteiger partial charge in [-0.25, -0.2) is 0 Å². The second kappa shape index (κ2) is 7.44. The van der Waals surface area contributed by atoms with E-state index in [-0.39, 0.29) is 17.6 Å². The van der Waals surface area contributed by atoms with Gasteiger partial charge in [0.1, 0.15) is 12.2 Å². The van der Waals surface area contributed by atoms with Crippen molar-refractivity contribution >= 4 is 36.9 Å². The van der Waals surface area contributed by atoms with Crippen molar-refractivity contribution in [3.05, 3.63) is 15.0 Å². The Morgan fingerprint density at radius 2 is 1.95 bits per heavy atom. The number of aromatic nitrogens is 2. The molecule has 0 aliphatic carbocycles. The van der Waals surface area contributed by atoms with Crippen molar-refractivity contribution in [1.82, 2.24) is 9.78 Å². The smallest absolute Gasteiger partial charge is 0.327 e. The molecular formula is C15H27IN2O3Si. The van der Waals surface area contributed by atoms with Gasteiger partial charge in [-0.05, 0) is 54.6 Å². The third-order valence-electron chi connectivity index (χ3n) is 4.16. The van der Waals surface area contributed by atoms with Crippen LogP contribution in [0.1, 0.15) is 39.1 Å². The summed E-state index contributed by atoms with van der Waals surface area (Å²) in [4.78, 5) is 11.6. The van der Waals surface area contributed by atoms with Crippen molar-refractivity contribution in [1.29, 1.82) is 0 Å². The molecule has 7 heteroatoms. The Kier molecular flexibility index (Phi) is 6.64. The highest BCUT2D eigenvalue weighted by molar-refractivity contribution is 14.1. The van der Waals surface area contributed by atoms with Crippen LogP contribution in [0, 0.1) is 10.5 Å². The van der Waals surface area contributed by atoms with Crippen LogP contribution >= 0.6 is 22.6 Å². The van der Waals surface area contributed by atoms with Gasteiger partial charge in [-0.1, -0.05) is 20.8 Å². The maximum atomic E-state index is 11.6. The van der Waals surface area contributed by atoms with Gasteiger partial charge in [0.05, 0.1) is 16.8 Å². The zero-order chi connectivity index (χ0) is 17.1. The summed E-state index contributed by atoms with van der Waals surface area (Å²) in [6.45, 7) is 15.9. The Hall–Kier alpha value is -0.413. The van der Waals surface area contributed by atoms with Crippen LogP contribution in [0.15, 0.2) is 0 Å². The van der Waals surface area contributed by atoms with Crippen molar-refractivity contribution in [2.24, 2.45) is 0 Å². The van der Waals surface area contributed by atoms with Gasteiger partial charge in [-0.2, -0.15) is 5.10 Å². The maximum Gasteiger partial charge on any atom is 0.327 e. The fourth-order valence-electron chi connectivity index (χ4n) is 1.63. The highest BCUT2D eigenvalue weighted by atomic mass is 127. The lowest BCUT2D eigenvalue weighted by Crippen LogP contribution is -2.40. The van der Waals surface area contributed by atoms with Gasteiger partial charge in [0, 0.05) is 5.69 Å². The molecule has 0 radical (unpaired) electrons. The van der Waals surface area contributed by atoms with E-state index in [2.05, 4.69) is 61.6 Å². The number of carbonyl (C=O) groups excluding carboxylic acids is 1. The van der Waals surface area contributed by atoms with Crippen LogP contribution in [0.3, 0.4) is 0 Å². The summed E-state index contributed by atoms with van der Waals surface area (Å²) < 4.78 is 14.0. The average molecular weight is 438 g/mol. The lowest BCUT2D eigenvalue weighted by molar-refractivity contribution is -0.144. The van der Waals surface area contributed by atoms with Crippen molar-refractivity contribution in [2.75, 3.05) is 6.61 Å². The predicted molar refractivity (Wildman–Crippen MR) is 98.3 cm³/mol. The summed E-state index contributed by atoms with van der Waals surface area (Å²) in [5.74, 6) is -0.263. The number of esters is 1. The molecule has 0 aliphatic rings.